The summed E-state index contributed by atoms with van der Waals surface area (Å²) >= 11 is 3.43. The van der Waals surface area contributed by atoms with Crippen molar-refractivity contribution in [3.63, 3.8) is 0 Å². The van der Waals surface area contributed by atoms with Gasteiger partial charge >= 0.3 is 0 Å². The summed E-state index contributed by atoms with van der Waals surface area (Å²) in [4.78, 5) is 2.01. The molecular formula is C15H16BrFN2. The van der Waals surface area contributed by atoms with Crippen molar-refractivity contribution in [1.29, 1.82) is 0 Å². The molecule has 0 unspecified atom stereocenters. The van der Waals surface area contributed by atoms with Gasteiger partial charge in [0.15, 0.2) is 0 Å². The zero-order valence-electron chi connectivity index (χ0n) is 10.7. The summed E-state index contributed by atoms with van der Waals surface area (Å²) in [5.74, 6) is -0.180. The Hall–Kier alpha value is -1.39. The molecule has 2 N–H and O–H groups in total. The lowest BCUT2D eigenvalue weighted by Crippen LogP contribution is -2.19. The van der Waals surface area contributed by atoms with Crippen molar-refractivity contribution in [3.8, 4) is 0 Å². The molecule has 0 atom stereocenters. The van der Waals surface area contributed by atoms with E-state index in [2.05, 4.69) is 15.9 Å². The van der Waals surface area contributed by atoms with Crippen molar-refractivity contribution in [2.24, 2.45) is 5.73 Å². The predicted molar refractivity (Wildman–Crippen MR) is 80.5 cm³/mol. The molecule has 0 aromatic heterocycles. The number of halogens is 2. The summed E-state index contributed by atoms with van der Waals surface area (Å²) in [6.45, 7) is 0.970. The van der Waals surface area contributed by atoms with Gasteiger partial charge in [0.1, 0.15) is 5.82 Å². The molecule has 0 spiro atoms. The van der Waals surface area contributed by atoms with E-state index in [1.807, 2.05) is 36.2 Å². The van der Waals surface area contributed by atoms with Crippen LogP contribution in [0.1, 0.15) is 11.1 Å². The smallest absolute Gasteiger partial charge is 0.128 e. The lowest BCUT2D eigenvalue weighted by Gasteiger charge is -2.22. The van der Waals surface area contributed by atoms with Crippen LogP contribution in [0.15, 0.2) is 46.9 Å². The second-order valence-electron chi connectivity index (χ2n) is 4.42. The molecular weight excluding hydrogens is 307 g/mol. The topological polar surface area (TPSA) is 29.3 Å². The lowest BCUT2D eigenvalue weighted by molar-refractivity contribution is 0.608. The van der Waals surface area contributed by atoms with E-state index in [-0.39, 0.29) is 5.82 Å². The van der Waals surface area contributed by atoms with Gasteiger partial charge in [-0.3, -0.25) is 0 Å². The molecule has 0 aliphatic carbocycles. The highest BCUT2D eigenvalue weighted by Crippen LogP contribution is 2.25. The van der Waals surface area contributed by atoms with Crippen LogP contribution in [0.25, 0.3) is 0 Å². The van der Waals surface area contributed by atoms with E-state index in [0.717, 1.165) is 15.7 Å². The maximum absolute atomic E-state index is 13.7. The average Bonchev–Trinajstić information content (AvgIpc) is 2.41. The molecule has 0 bridgehead atoms. The first-order valence-corrected chi connectivity index (χ1v) is 6.84. The van der Waals surface area contributed by atoms with Crippen LogP contribution >= 0.6 is 15.9 Å². The van der Waals surface area contributed by atoms with Crippen molar-refractivity contribution >= 4 is 21.6 Å². The minimum absolute atomic E-state index is 0.180. The first kappa shape index (κ1) is 14.0. The summed E-state index contributed by atoms with van der Waals surface area (Å²) in [6.07, 6.45) is 0. The van der Waals surface area contributed by atoms with Gasteiger partial charge in [0.2, 0.25) is 0 Å². The third kappa shape index (κ3) is 3.33. The van der Waals surface area contributed by atoms with Gasteiger partial charge in [0.05, 0.1) is 0 Å². The second-order valence-corrected chi connectivity index (χ2v) is 5.34. The van der Waals surface area contributed by atoms with E-state index < -0.39 is 0 Å². The third-order valence-corrected chi connectivity index (χ3v) is 3.53. The highest BCUT2D eigenvalue weighted by atomic mass is 79.9. The van der Waals surface area contributed by atoms with Crippen molar-refractivity contribution < 1.29 is 4.39 Å². The third-order valence-electron chi connectivity index (χ3n) is 3.04. The zero-order chi connectivity index (χ0) is 13.8. The highest BCUT2D eigenvalue weighted by molar-refractivity contribution is 9.10. The van der Waals surface area contributed by atoms with Gasteiger partial charge in [-0.1, -0.05) is 34.1 Å². The van der Waals surface area contributed by atoms with Crippen LogP contribution in [-0.2, 0) is 13.1 Å². The Labute approximate surface area is 121 Å². The summed E-state index contributed by atoms with van der Waals surface area (Å²) in [5.41, 5.74) is 8.49. The molecule has 2 aromatic carbocycles. The van der Waals surface area contributed by atoms with Gasteiger partial charge in [-0.2, -0.15) is 0 Å². The van der Waals surface area contributed by atoms with Gasteiger partial charge in [-0.25, -0.2) is 4.39 Å². The summed E-state index contributed by atoms with van der Waals surface area (Å²) < 4.78 is 14.6. The van der Waals surface area contributed by atoms with E-state index in [9.17, 15) is 4.39 Å². The molecule has 2 aromatic rings. The summed E-state index contributed by atoms with van der Waals surface area (Å²) in [5, 5.41) is 0. The van der Waals surface area contributed by atoms with Crippen LogP contribution in [-0.4, -0.2) is 7.05 Å². The van der Waals surface area contributed by atoms with Crippen LogP contribution in [0.5, 0.6) is 0 Å². The van der Waals surface area contributed by atoms with Crippen molar-refractivity contribution in [2.75, 3.05) is 11.9 Å². The van der Waals surface area contributed by atoms with Gasteiger partial charge in [0.25, 0.3) is 0 Å². The first-order valence-electron chi connectivity index (χ1n) is 6.05. The first-order chi connectivity index (χ1) is 9.11. The quantitative estimate of drug-likeness (QED) is 0.930. The highest BCUT2D eigenvalue weighted by Gasteiger charge is 2.09. The Bertz CT molecular complexity index is 572. The summed E-state index contributed by atoms with van der Waals surface area (Å²) in [6, 6.07) is 12.8. The molecule has 0 saturated carbocycles. The number of hydrogen-bond acceptors (Lipinski definition) is 2. The molecule has 2 rings (SSSR count). The van der Waals surface area contributed by atoms with E-state index in [0.29, 0.717) is 18.7 Å². The SMILES string of the molecule is CN(Cc1ccccc1F)c1ccc(Br)cc1CN. The predicted octanol–water partition coefficient (Wildman–Crippen LogP) is 3.68. The van der Waals surface area contributed by atoms with Crippen LogP contribution in [0.2, 0.25) is 0 Å². The minimum Gasteiger partial charge on any atom is -0.370 e. The average molecular weight is 323 g/mol. The molecule has 0 fully saturated rings. The fourth-order valence-corrected chi connectivity index (χ4v) is 2.47. The molecule has 0 radical (unpaired) electrons. The molecule has 2 nitrogen and oxygen atoms in total. The van der Waals surface area contributed by atoms with Gasteiger partial charge in [0, 0.05) is 35.9 Å². The van der Waals surface area contributed by atoms with Crippen molar-refractivity contribution in [1.82, 2.24) is 0 Å². The molecule has 19 heavy (non-hydrogen) atoms. The Morgan fingerprint density at radius 1 is 1.16 bits per heavy atom. The maximum atomic E-state index is 13.7. The Kier molecular flexibility index (Phi) is 4.56. The molecule has 0 aliphatic rings. The largest absolute Gasteiger partial charge is 0.370 e. The maximum Gasteiger partial charge on any atom is 0.128 e. The molecule has 100 valence electrons. The molecule has 0 aliphatic heterocycles. The standard InChI is InChI=1S/C15H16BrFN2/c1-19(10-11-4-2-3-5-14(11)17)15-7-6-13(16)8-12(15)9-18/h2-8H,9-10,18H2,1H3. The Balaban J connectivity index is 2.25. The fourth-order valence-electron chi connectivity index (χ4n) is 2.06. The molecule has 4 heteroatoms. The van der Waals surface area contributed by atoms with E-state index in [1.165, 1.54) is 6.07 Å². The molecule has 0 heterocycles. The van der Waals surface area contributed by atoms with Crippen molar-refractivity contribution in [2.45, 2.75) is 13.1 Å². The Morgan fingerprint density at radius 3 is 2.58 bits per heavy atom. The van der Waals surface area contributed by atoms with E-state index >= 15 is 0 Å². The second kappa shape index (κ2) is 6.17. The summed E-state index contributed by atoms with van der Waals surface area (Å²) in [7, 11) is 1.94. The van der Waals surface area contributed by atoms with Crippen LogP contribution < -0.4 is 10.6 Å². The Morgan fingerprint density at radius 2 is 1.89 bits per heavy atom. The number of anilines is 1. The number of rotatable bonds is 4. The monoisotopic (exact) mass is 322 g/mol. The minimum atomic E-state index is -0.180. The number of nitrogens with zero attached hydrogens (tertiary/aromatic N) is 1. The lowest BCUT2D eigenvalue weighted by atomic mass is 10.1. The van der Waals surface area contributed by atoms with Crippen LogP contribution in [0, 0.1) is 5.82 Å². The van der Waals surface area contributed by atoms with Gasteiger partial charge in [-0.15, -0.1) is 0 Å². The zero-order valence-corrected chi connectivity index (χ0v) is 12.3. The van der Waals surface area contributed by atoms with Gasteiger partial charge < -0.3 is 10.6 Å². The number of nitrogens with two attached hydrogens (primary N) is 1. The van der Waals surface area contributed by atoms with Gasteiger partial charge in [-0.05, 0) is 29.8 Å². The van der Waals surface area contributed by atoms with E-state index in [4.69, 9.17) is 5.73 Å². The molecule has 0 saturated heterocycles. The number of hydrogen-bond donors (Lipinski definition) is 1. The number of benzene rings is 2. The van der Waals surface area contributed by atoms with E-state index in [1.54, 1.807) is 12.1 Å². The van der Waals surface area contributed by atoms with Crippen LogP contribution in [0.4, 0.5) is 10.1 Å². The normalized spacial score (nSPS) is 10.5. The van der Waals surface area contributed by atoms with Crippen molar-refractivity contribution in [3.05, 3.63) is 63.9 Å². The molecule has 0 amide bonds. The fraction of sp³-hybridized carbons (Fsp3) is 0.200. The van der Waals surface area contributed by atoms with Crippen LogP contribution in [0.3, 0.4) is 0 Å².